The van der Waals surface area contributed by atoms with E-state index < -0.39 is 0 Å². The monoisotopic (exact) mass is 445 g/mol. The van der Waals surface area contributed by atoms with Crippen molar-refractivity contribution < 1.29 is 14.3 Å². The van der Waals surface area contributed by atoms with Gasteiger partial charge in [-0.05, 0) is 70.0 Å². The average molecular weight is 446 g/mol. The number of rotatable bonds is 11. The Morgan fingerprint density at radius 2 is 1.94 bits per heavy atom. The van der Waals surface area contributed by atoms with E-state index in [1.807, 2.05) is 0 Å². The lowest BCUT2D eigenvalue weighted by atomic mass is 10.2. The van der Waals surface area contributed by atoms with Gasteiger partial charge in [-0.2, -0.15) is 0 Å². The number of benzene rings is 1. The Labute approximate surface area is 187 Å². The summed E-state index contributed by atoms with van der Waals surface area (Å²) < 4.78 is 5.11. The van der Waals surface area contributed by atoms with Crippen molar-refractivity contribution in [3.8, 4) is 5.75 Å². The van der Waals surface area contributed by atoms with Crippen LogP contribution in [0.3, 0.4) is 0 Å². The molecule has 1 saturated heterocycles. The number of hydrogen-bond donors (Lipinski definition) is 2. The summed E-state index contributed by atoms with van der Waals surface area (Å²) >= 11 is 1.26. The number of nitrogens with one attached hydrogen (secondary N) is 2. The molecule has 1 aliphatic heterocycles. The fourth-order valence-electron chi connectivity index (χ4n) is 3.58. The minimum Gasteiger partial charge on any atom is -0.497 e. The van der Waals surface area contributed by atoms with Gasteiger partial charge in [0.05, 0.1) is 7.11 Å². The molecule has 31 heavy (non-hydrogen) atoms. The van der Waals surface area contributed by atoms with Crippen molar-refractivity contribution in [1.82, 2.24) is 20.4 Å². The summed E-state index contributed by atoms with van der Waals surface area (Å²) in [5.74, 6) is 0.496. The van der Waals surface area contributed by atoms with E-state index in [9.17, 15) is 9.59 Å². The summed E-state index contributed by atoms with van der Waals surface area (Å²) in [7, 11) is 1.59. The number of aromatic nitrogens is 2. The number of likely N-dealkylation sites (tertiary alicyclic amines) is 1. The molecule has 168 valence electrons. The summed E-state index contributed by atoms with van der Waals surface area (Å²) in [6.07, 6.45) is 5.31. The number of amides is 2. The number of hydrogen-bond acceptors (Lipinski definition) is 7. The Bertz CT molecular complexity index is 849. The minimum absolute atomic E-state index is 0.0654. The van der Waals surface area contributed by atoms with Crippen molar-refractivity contribution in [1.29, 1.82) is 0 Å². The van der Waals surface area contributed by atoms with E-state index in [1.54, 1.807) is 31.4 Å². The van der Waals surface area contributed by atoms with Crippen LogP contribution in [0, 0.1) is 0 Å². The Morgan fingerprint density at radius 3 is 2.65 bits per heavy atom. The van der Waals surface area contributed by atoms with E-state index in [4.69, 9.17) is 4.74 Å². The van der Waals surface area contributed by atoms with Gasteiger partial charge in [0.1, 0.15) is 10.8 Å². The van der Waals surface area contributed by atoms with Crippen molar-refractivity contribution in [2.75, 3.05) is 32.1 Å². The summed E-state index contributed by atoms with van der Waals surface area (Å²) in [6.45, 7) is 5.30. The molecular formula is C22H31N5O3S. The van der Waals surface area contributed by atoms with Gasteiger partial charge in [0.2, 0.25) is 10.9 Å². The summed E-state index contributed by atoms with van der Waals surface area (Å²) in [5, 5.41) is 14.9. The largest absolute Gasteiger partial charge is 0.497 e. The molecule has 2 aromatic rings. The smallest absolute Gasteiger partial charge is 0.286 e. The van der Waals surface area contributed by atoms with Crippen LogP contribution in [0.15, 0.2) is 24.3 Å². The molecule has 0 bridgehead atoms. The van der Waals surface area contributed by atoms with Crippen LogP contribution in [0.2, 0.25) is 0 Å². The van der Waals surface area contributed by atoms with Crippen LogP contribution in [0.25, 0.3) is 0 Å². The Balaban J connectivity index is 1.33. The van der Waals surface area contributed by atoms with Gasteiger partial charge in [0, 0.05) is 31.1 Å². The Hall–Kier alpha value is -2.52. The number of carbonyl (C=O) groups excluding carboxylic acids is 2. The van der Waals surface area contributed by atoms with E-state index in [0.717, 1.165) is 17.2 Å². The van der Waals surface area contributed by atoms with E-state index in [1.165, 1.54) is 37.3 Å². The van der Waals surface area contributed by atoms with Crippen molar-refractivity contribution in [3.63, 3.8) is 0 Å². The highest BCUT2D eigenvalue weighted by Crippen LogP contribution is 2.18. The van der Waals surface area contributed by atoms with Gasteiger partial charge < -0.3 is 20.3 Å². The van der Waals surface area contributed by atoms with E-state index in [2.05, 4.69) is 32.7 Å². The topological polar surface area (TPSA) is 96.5 Å². The molecule has 9 heteroatoms. The van der Waals surface area contributed by atoms with Gasteiger partial charge in [-0.3, -0.25) is 9.59 Å². The Morgan fingerprint density at radius 1 is 1.19 bits per heavy atom. The first kappa shape index (κ1) is 23.1. The fourth-order valence-corrected chi connectivity index (χ4v) is 4.36. The summed E-state index contributed by atoms with van der Waals surface area (Å²) in [6, 6.07) is 7.61. The molecule has 1 fully saturated rings. The first-order valence-electron chi connectivity index (χ1n) is 10.8. The molecule has 1 aliphatic rings. The molecule has 8 nitrogen and oxygen atoms in total. The zero-order valence-electron chi connectivity index (χ0n) is 18.2. The van der Waals surface area contributed by atoms with Crippen LogP contribution in [0.1, 0.15) is 53.8 Å². The van der Waals surface area contributed by atoms with Crippen LogP contribution in [0.4, 0.5) is 5.69 Å². The molecule has 0 aliphatic carbocycles. The zero-order chi connectivity index (χ0) is 22.1. The second kappa shape index (κ2) is 11.8. The molecule has 1 aromatic heterocycles. The highest BCUT2D eigenvalue weighted by Gasteiger charge is 2.18. The van der Waals surface area contributed by atoms with Crippen LogP contribution >= 0.6 is 11.3 Å². The third kappa shape index (κ3) is 7.29. The normalized spacial score (nSPS) is 14.9. The van der Waals surface area contributed by atoms with Crippen LogP contribution in [0.5, 0.6) is 5.75 Å². The van der Waals surface area contributed by atoms with Crippen molar-refractivity contribution >= 4 is 28.8 Å². The second-order valence-electron chi connectivity index (χ2n) is 7.77. The standard InChI is InChI=1S/C22H31N5O3S/c1-16(27-14-3-4-15-27)12-13-23-19(28)6-5-7-20-25-26-22(31-20)21(29)24-17-8-10-18(30-2)11-9-17/h8-11,16H,3-7,12-15H2,1-2H3,(H,23,28)(H,24,29). The lowest BCUT2D eigenvalue weighted by Gasteiger charge is -2.23. The highest BCUT2D eigenvalue weighted by molar-refractivity contribution is 7.13. The lowest BCUT2D eigenvalue weighted by Crippen LogP contribution is -2.34. The maximum Gasteiger partial charge on any atom is 0.286 e. The third-order valence-electron chi connectivity index (χ3n) is 5.45. The average Bonchev–Trinajstić information content (AvgIpc) is 3.47. The molecular weight excluding hydrogens is 414 g/mol. The van der Waals surface area contributed by atoms with E-state index in [0.29, 0.717) is 42.5 Å². The van der Waals surface area contributed by atoms with Gasteiger partial charge in [0.25, 0.3) is 5.91 Å². The van der Waals surface area contributed by atoms with Crippen LogP contribution in [-0.4, -0.2) is 59.7 Å². The highest BCUT2D eigenvalue weighted by atomic mass is 32.1. The lowest BCUT2D eigenvalue weighted by molar-refractivity contribution is -0.121. The number of carbonyl (C=O) groups is 2. The minimum atomic E-state index is -0.293. The SMILES string of the molecule is COc1ccc(NC(=O)c2nnc(CCCC(=O)NCCC(C)N3CCCC3)s2)cc1. The van der Waals surface area contributed by atoms with Gasteiger partial charge in [-0.25, -0.2) is 0 Å². The molecule has 3 rings (SSSR count). The molecule has 0 spiro atoms. The third-order valence-corrected chi connectivity index (χ3v) is 6.43. The van der Waals surface area contributed by atoms with E-state index in [-0.39, 0.29) is 11.8 Å². The van der Waals surface area contributed by atoms with Gasteiger partial charge in [-0.15, -0.1) is 10.2 Å². The predicted molar refractivity (Wildman–Crippen MR) is 122 cm³/mol. The quantitative estimate of drug-likeness (QED) is 0.552. The van der Waals surface area contributed by atoms with Gasteiger partial charge in [0.15, 0.2) is 0 Å². The molecule has 0 radical (unpaired) electrons. The van der Waals surface area contributed by atoms with Crippen molar-refractivity contribution in [2.24, 2.45) is 0 Å². The molecule has 2 N–H and O–H groups in total. The van der Waals surface area contributed by atoms with Crippen LogP contribution in [-0.2, 0) is 11.2 Å². The van der Waals surface area contributed by atoms with Gasteiger partial charge >= 0.3 is 0 Å². The number of anilines is 1. The fraction of sp³-hybridized carbons (Fsp3) is 0.545. The number of ether oxygens (including phenoxy) is 1. The second-order valence-corrected chi connectivity index (χ2v) is 8.83. The van der Waals surface area contributed by atoms with Crippen LogP contribution < -0.4 is 15.4 Å². The summed E-state index contributed by atoms with van der Waals surface area (Å²) in [5.41, 5.74) is 0.665. The van der Waals surface area contributed by atoms with Gasteiger partial charge in [-0.1, -0.05) is 11.3 Å². The summed E-state index contributed by atoms with van der Waals surface area (Å²) in [4.78, 5) is 26.9. The molecule has 2 amide bonds. The molecule has 1 aromatic carbocycles. The molecule has 0 saturated carbocycles. The maximum atomic E-state index is 12.3. The molecule has 1 atom stereocenters. The molecule has 2 heterocycles. The van der Waals surface area contributed by atoms with E-state index >= 15 is 0 Å². The molecule has 1 unspecified atom stereocenters. The number of nitrogens with zero attached hydrogens (tertiary/aromatic N) is 3. The number of aryl methyl sites for hydroxylation is 1. The maximum absolute atomic E-state index is 12.3. The van der Waals surface area contributed by atoms with Crippen molar-refractivity contribution in [3.05, 3.63) is 34.3 Å². The van der Waals surface area contributed by atoms with Crippen molar-refractivity contribution in [2.45, 2.75) is 51.5 Å². The zero-order valence-corrected chi connectivity index (χ0v) is 19.0. The first-order valence-corrected chi connectivity index (χ1v) is 11.7. The predicted octanol–water partition coefficient (Wildman–Crippen LogP) is 3.11. The Kier molecular flexibility index (Phi) is 8.78. The first-order chi connectivity index (χ1) is 15.0. The number of methoxy groups -OCH3 is 1.